The number of para-hydroxylation sites is 1. The molecule has 0 bridgehead atoms. The lowest BCUT2D eigenvalue weighted by atomic mass is 10.3. The van der Waals surface area contributed by atoms with Gasteiger partial charge in [-0.15, -0.1) is 0 Å². The number of carbonyl (C=O) groups is 1. The van der Waals surface area contributed by atoms with Crippen molar-refractivity contribution in [2.45, 2.75) is 0 Å². The van der Waals surface area contributed by atoms with Gasteiger partial charge >= 0.3 is 0 Å². The fourth-order valence-corrected chi connectivity index (χ4v) is 2.27. The Morgan fingerprint density at radius 3 is 2.32 bits per heavy atom. The Morgan fingerprint density at radius 1 is 1.00 bits per heavy atom. The first-order chi connectivity index (χ1) is 12.2. The van der Waals surface area contributed by atoms with Crippen LogP contribution in [0.25, 0.3) is 0 Å². The van der Waals surface area contributed by atoms with Crippen molar-refractivity contribution in [2.24, 2.45) is 0 Å². The van der Waals surface area contributed by atoms with E-state index in [4.69, 9.17) is 4.74 Å². The van der Waals surface area contributed by atoms with Crippen molar-refractivity contribution in [1.29, 1.82) is 0 Å². The summed E-state index contributed by atoms with van der Waals surface area (Å²) in [6.45, 7) is 0. The summed E-state index contributed by atoms with van der Waals surface area (Å²) in [5.74, 6) is 1.07. The maximum atomic E-state index is 12.3. The van der Waals surface area contributed by atoms with Crippen molar-refractivity contribution in [1.82, 2.24) is 9.97 Å². The molecule has 0 aliphatic rings. The average molecular weight is 334 g/mol. The molecule has 0 radical (unpaired) electrons. The molecule has 3 aromatic rings. The van der Waals surface area contributed by atoms with Crippen molar-refractivity contribution in [2.75, 3.05) is 24.4 Å². The molecule has 1 amide bonds. The normalized spacial score (nSPS) is 10.2. The van der Waals surface area contributed by atoms with Crippen LogP contribution in [0.15, 0.2) is 67.0 Å². The number of amides is 1. The molecule has 0 saturated heterocycles. The maximum Gasteiger partial charge on any atom is 0.275 e. The standard InChI is InChI=1S/C19H18N4O2/c1-23(15-6-4-3-5-7-15)18-13-20-17(12-21-18)19(24)22-14-8-10-16(25-2)11-9-14/h3-13H,1-2H3,(H,22,24). The maximum absolute atomic E-state index is 12.3. The highest BCUT2D eigenvalue weighted by atomic mass is 16.5. The smallest absolute Gasteiger partial charge is 0.275 e. The fraction of sp³-hybridized carbons (Fsp3) is 0.105. The van der Waals surface area contributed by atoms with Crippen LogP contribution in [0.1, 0.15) is 10.5 Å². The second kappa shape index (κ2) is 7.44. The molecule has 0 saturated carbocycles. The number of ether oxygens (including phenoxy) is 1. The number of nitrogens with zero attached hydrogens (tertiary/aromatic N) is 3. The van der Waals surface area contributed by atoms with Crippen LogP contribution in [0.4, 0.5) is 17.2 Å². The Hall–Kier alpha value is -3.41. The quantitative estimate of drug-likeness (QED) is 0.773. The molecule has 1 heterocycles. The summed E-state index contributed by atoms with van der Waals surface area (Å²) >= 11 is 0. The summed E-state index contributed by atoms with van der Waals surface area (Å²) in [6.07, 6.45) is 3.05. The summed E-state index contributed by atoms with van der Waals surface area (Å²) in [5, 5.41) is 2.78. The Labute approximate surface area is 146 Å². The van der Waals surface area contributed by atoms with Gasteiger partial charge in [-0.05, 0) is 36.4 Å². The molecule has 0 spiro atoms. The van der Waals surface area contributed by atoms with Gasteiger partial charge in [-0.2, -0.15) is 0 Å². The van der Waals surface area contributed by atoms with Crippen LogP contribution in [0, 0.1) is 0 Å². The molecule has 6 nitrogen and oxygen atoms in total. The van der Waals surface area contributed by atoms with Crippen LogP contribution in [0.3, 0.4) is 0 Å². The first-order valence-corrected chi connectivity index (χ1v) is 7.73. The van der Waals surface area contributed by atoms with E-state index in [-0.39, 0.29) is 11.6 Å². The van der Waals surface area contributed by atoms with Crippen LogP contribution in [-0.4, -0.2) is 30.0 Å². The van der Waals surface area contributed by atoms with Gasteiger partial charge in [0.2, 0.25) is 0 Å². The minimum absolute atomic E-state index is 0.251. The Morgan fingerprint density at radius 2 is 1.72 bits per heavy atom. The number of benzene rings is 2. The van der Waals surface area contributed by atoms with E-state index < -0.39 is 0 Å². The van der Waals surface area contributed by atoms with Crippen LogP contribution in [-0.2, 0) is 0 Å². The molecular weight excluding hydrogens is 316 g/mol. The van der Waals surface area contributed by atoms with E-state index in [1.54, 1.807) is 37.6 Å². The predicted molar refractivity (Wildman–Crippen MR) is 97.5 cm³/mol. The van der Waals surface area contributed by atoms with Gasteiger partial charge < -0.3 is 15.0 Å². The summed E-state index contributed by atoms with van der Waals surface area (Å²) in [7, 11) is 3.49. The number of aromatic nitrogens is 2. The number of methoxy groups -OCH3 is 1. The second-order valence-corrected chi connectivity index (χ2v) is 5.34. The molecule has 6 heteroatoms. The van der Waals surface area contributed by atoms with Crippen LogP contribution < -0.4 is 15.0 Å². The lowest BCUT2D eigenvalue weighted by Crippen LogP contribution is -2.16. The SMILES string of the molecule is COc1ccc(NC(=O)c2cnc(N(C)c3ccccc3)cn2)cc1. The highest BCUT2D eigenvalue weighted by Gasteiger charge is 2.11. The Kier molecular flexibility index (Phi) is 4.89. The third-order valence-electron chi connectivity index (χ3n) is 3.71. The molecule has 0 aliphatic heterocycles. The number of hydrogen-bond acceptors (Lipinski definition) is 5. The number of anilines is 3. The molecule has 1 aromatic heterocycles. The van der Waals surface area contributed by atoms with E-state index in [1.807, 2.05) is 42.3 Å². The predicted octanol–water partition coefficient (Wildman–Crippen LogP) is 3.51. The summed E-state index contributed by atoms with van der Waals surface area (Å²) < 4.78 is 5.09. The molecule has 0 aliphatic carbocycles. The van der Waals surface area contributed by atoms with Gasteiger partial charge in [0.25, 0.3) is 5.91 Å². The summed E-state index contributed by atoms with van der Waals surface area (Å²) in [6, 6.07) is 16.9. The molecule has 126 valence electrons. The molecule has 1 N–H and O–H groups in total. The zero-order chi connectivity index (χ0) is 17.6. The third kappa shape index (κ3) is 3.92. The van der Waals surface area contributed by atoms with Crippen molar-refractivity contribution >= 4 is 23.1 Å². The Balaban J connectivity index is 1.69. The zero-order valence-electron chi connectivity index (χ0n) is 14.0. The van der Waals surface area contributed by atoms with Gasteiger partial charge in [0.05, 0.1) is 19.5 Å². The van der Waals surface area contributed by atoms with Gasteiger partial charge in [-0.1, -0.05) is 18.2 Å². The van der Waals surface area contributed by atoms with E-state index in [9.17, 15) is 4.79 Å². The number of hydrogen-bond donors (Lipinski definition) is 1. The zero-order valence-corrected chi connectivity index (χ0v) is 14.0. The number of nitrogens with one attached hydrogen (secondary N) is 1. The van der Waals surface area contributed by atoms with Crippen LogP contribution >= 0.6 is 0 Å². The number of rotatable bonds is 5. The molecule has 0 fully saturated rings. The lowest BCUT2D eigenvalue weighted by molar-refractivity contribution is 0.102. The van der Waals surface area contributed by atoms with E-state index in [1.165, 1.54) is 6.20 Å². The van der Waals surface area contributed by atoms with Crippen molar-refractivity contribution < 1.29 is 9.53 Å². The number of carbonyl (C=O) groups excluding carboxylic acids is 1. The first kappa shape index (κ1) is 16.4. The third-order valence-corrected chi connectivity index (χ3v) is 3.71. The average Bonchev–Trinajstić information content (AvgIpc) is 2.69. The summed E-state index contributed by atoms with van der Waals surface area (Å²) in [5.41, 5.74) is 1.91. The Bertz CT molecular complexity index is 834. The van der Waals surface area contributed by atoms with E-state index in [2.05, 4.69) is 15.3 Å². The van der Waals surface area contributed by atoms with Crippen molar-refractivity contribution in [3.8, 4) is 5.75 Å². The minimum Gasteiger partial charge on any atom is -0.497 e. The molecule has 0 unspecified atom stereocenters. The second-order valence-electron chi connectivity index (χ2n) is 5.34. The van der Waals surface area contributed by atoms with Gasteiger partial charge in [0.15, 0.2) is 5.82 Å². The molecular formula is C19H18N4O2. The molecule has 3 rings (SSSR count). The summed E-state index contributed by atoms with van der Waals surface area (Å²) in [4.78, 5) is 22.7. The highest BCUT2D eigenvalue weighted by Crippen LogP contribution is 2.20. The van der Waals surface area contributed by atoms with Gasteiger partial charge in [-0.25, -0.2) is 9.97 Å². The van der Waals surface area contributed by atoms with Crippen LogP contribution in [0.5, 0.6) is 5.75 Å². The fourth-order valence-electron chi connectivity index (χ4n) is 2.27. The topological polar surface area (TPSA) is 67.3 Å². The monoisotopic (exact) mass is 334 g/mol. The van der Waals surface area contributed by atoms with Gasteiger partial charge in [-0.3, -0.25) is 4.79 Å². The van der Waals surface area contributed by atoms with E-state index in [0.29, 0.717) is 11.5 Å². The lowest BCUT2D eigenvalue weighted by Gasteiger charge is -2.17. The largest absolute Gasteiger partial charge is 0.497 e. The van der Waals surface area contributed by atoms with Gasteiger partial charge in [0, 0.05) is 18.4 Å². The van der Waals surface area contributed by atoms with Crippen LogP contribution in [0.2, 0.25) is 0 Å². The van der Waals surface area contributed by atoms with E-state index >= 15 is 0 Å². The molecule has 25 heavy (non-hydrogen) atoms. The highest BCUT2D eigenvalue weighted by molar-refractivity contribution is 6.02. The molecule has 0 atom stereocenters. The van der Waals surface area contributed by atoms with Crippen molar-refractivity contribution in [3.05, 3.63) is 72.7 Å². The first-order valence-electron chi connectivity index (χ1n) is 7.73. The molecule has 2 aromatic carbocycles. The van der Waals surface area contributed by atoms with E-state index in [0.717, 1.165) is 11.4 Å². The van der Waals surface area contributed by atoms with Gasteiger partial charge in [0.1, 0.15) is 11.4 Å². The van der Waals surface area contributed by atoms with Crippen molar-refractivity contribution in [3.63, 3.8) is 0 Å². The minimum atomic E-state index is -0.313.